The van der Waals surface area contributed by atoms with Crippen LogP contribution in [0.5, 0.6) is 11.5 Å². The van der Waals surface area contributed by atoms with Crippen molar-refractivity contribution in [3.8, 4) is 11.5 Å². The van der Waals surface area contributed by atoms with Gasteiger partial charge in [0.1, 0.15) is 23.2 Å². The fourth-order valence-electron chi connectivity index (χ4n) is 5.90. The Labute approximate surface area is 259 Å². The minimum atomic E-state index is -1.69. The van der Waals surface area contributed by atoms with Gasteiger partial charge in [-0.2, -0.15) is 0 Å². The summed E-state index contributed by atoms with van der Waals surface area (Å²) in [6.45, 7) is 1.67. The first-order chi connectivity index (χ1) is 21.1. The van der Waals surface area contributed by atoms with E-state index in [4.69, 9.17) is 19.4 Å². The summed E-state index contributed by atoms with van der Waals surface area (Å²) in [5.41, 5.74) is 2.66. The quantitative estimate of drug-likeness (QED) is 0.0789. The lowest BCUT2D eigenvalue weighted by Crippen LogP contribution is -2.33. The minimum Gasteiger partial charge on any atom is -0.554 e. The standard InChI is InChI=1S/C37H46O2P.CH2O2/c1-31-29-36(38-2)37(39-3)30-32(31)21-13-8-6-4-5-7-9-20-28-40(33-22-14-10-15-23-33,34-24-16-11-17-25-34)35-26-18-12-19-27-35;2-1-3/h10-12,14-19,22-27,29-30H,4-9,13,20-21,28H2,1-3H3;1H,(H,2,3)/q+1;/p-1. The lowest BCUT2D eigenvalue weighted by atomic mass is 10.00. The topological polar surface area (TPSA) is 58.6 Å². The average molecular weight is 599 g/mol. The smallest absolute Gasteiger partial charge is 0.161 e. The van der Waals surface area contributed by atoms with Crippen molar-refractivity contribution >= 4 is 29.6 Å². The number of carbonyl (C=O) groups excluding carboxylic acids is 1. The molecule has 5 heteroatoms. The molecule has 0 unspecified atom stereocenters. The Balaban J connectivity index is 0.00000162. The van der Waals surface area contributed by atoms with E-state index in [1.807, 2.05) is 0 Å². The fraction of sp³-hybridized carbons (Fsp3) is 0.342. The molecule has 0 aliphatic heterocycles. The van der Waals surface area contributed by atoms with Gasteiger partial charge in [-0.3, -0.25) is 0 Å². The number of hydrogen-bond acceptors (Lipinski definition) is 4. The predicted molar refractivity (Wildman–Crippen MR) is 181 cm³/mol. The van der Waals surface area contributed by atoms with Crippen LogP contribution in [0.4, 0.5) is 0 Å². The molecule has 4 aromatic rings. The Bertz CT molecular complexity index is 1230. The van der Waals surface area contributed by atoms with Crippen LogP contribution in [-0.4, -0.2) is 26.9 Å². The van der Waals surface area contributed by atoms with Gasteiger partial charge in [-0.1, -0.05) is 86.7 Å². The number of carboxylic acid groups (broad SMARTS) is 1. The van der Waals surface area contributed by atoms with Crippen LogP contribution in [0, 0.1) is 6.92 Å². The molecule has 228 valence electrons. The number of benzene rings is 4. The molecule has 4 rings (SSSR count). The van der Waals surface area contributed by atoms with Crippen LogP contribution in [0.15, 0.2) is 103 Å². The molecule has 0 heterocycles. The highest BCUT2D eigenvalue weighted by Gasteiger charge is 2.44. The summed E-state index contributed by atoms with van der Waals surface area (Å²) in [6.07, 6.45) is 12.8. The van der Waals surface area contributed by atoms with Crippen LogP contribution in [-0.2, 0) is 11.2 Å². The molecule has 0 atom stereocenters. The van der Waals surface area contributed by atoms with E-state index in [1.54, 1.807) is 14.2 Å². The van der Waals surface area contributed by atoms with E-state index >= 15 is 0 Å². The van der Waals surface area contributed by atoms with E-state index < -0.39 is 13.7 Å². The van der Waals surface area contributed by atoms with Crippen LogP contribution in [0.3, 0.4) is 0 Å². The molecule has 0 saturated carbocycles. The highest BCUT2D eigenvalue weighted by molar-refractivity contribution is 7.95. The van der Waals surface area contributed by atoms with Crippen molar-refractivity contribution < 1.29 is 19.4 Å². The molecule has 0 amide bonds. The Kier molecular flexibility index (Phi) is 14.8. The van der Waals surface area contributed by atoms with Crippen LogP contribution < -0.4 is 30.5 Å². The molecule has 0 aromatic heterocycles. The lowest BCUT2D eigenvalue weighted by molar-refractivity contribution is -0.283. The van der Waals surface area contributed by atoms with Gasteiger partial charge in [0.25, 0.3) is 0 Å². The van der Waals surface area contributed by atoms with Crippen LogP contribution in [0.1, 0.15) is 62.5 Å². The number of methoxy groups -OCH3 is 2. The zero-order valence-electron chi connectivity index (χ0n) is 26.0. The van der Waals surface area contributed by atoms with E-state index in [-0.39, 0.29) is 0 Å². The molecule has 0 spiro atoms. The van der Waals surface area contributed by atoms with Crippen molar-refractivity contribution in [3.63, 3.8) is 0 Å². The van der Waals surface area contributed by atoms with Gasteiger partial charge >= 0.3 is 0 Å². The number of aryl methyl sites for hydroxylation is 2. The molecule has 0 fully saturated rings. The molecule has 0 bridgehead atoms. The molecule has 0 aliphatic carbocycles. The maximum Gasteiger partial charge on any atom is 0.161 e. The fourth-order valence-corrected chi connectivity index (χ4v) is 10.3. The molecule has 4 nitrogen and oxygen atoms in total. The van der Waals surface area contributed by atoms with Crippen molar-refractivity contribution in [3.05, 3.63) is 114 Å². The van der Waals surface area contributed by atoms with Crippen molar-refractivity contribution in [2.45, 2.75) is 64.7 Å². The number of carbonyl (C=O) groups is 1. The third-order valence-electron chi connectivity index (χ3n) is 8.12. The van der Waals surface area contributed by atoms with Crippen molar-refractivity contribution in [1.29, 1.82) is 0 Å². The third kappa shape index (κ3) is 9.70. The van der Waals surface area contributed by atoms with Gasteiger partial charge in [0.15, 0.2) is 11.5 Å². The Morgan fingerprint density at radius 1 is 0.605 bits per heavy atom. The zero-order valence-corrected chi connectivity index (χ0v) is 26.9. The monoisotopic (exact) mass is 598 g/mol. The predicted octanol–water partition coefficient (Wildman–Crippen LogP) is 7.04. The van der Waals surface area contributed by atoms with Gasteiger partial charge in [0.2, 0.25) is 0 Å². The normalized spacial score (nSPS) is 10.9. The second-order valence-corrected chi connectivity index (χ2v) is 14.5. The zero-order chi connectivity index (χ0) is 30.8. The maximum absolute atomic E-state index is 8.25. The van der Waals surface area contributed by atoms with Gasteiger partial charge in [-0.25, -0.2) is 0 Å². The highest BCUT2D eigenvalue weighted by atomic mass is 31.2. The molecule has 4 aromatic carbocycles. The minimum absolute atomic E-state index is 0.500. The average Bonchev–Trinajstić information content (AvgIpc) is 3.06. The highest BCUT2D eigenvalue weighted by Crippen LogP contribution is 2.56. The summed E-state index contributed by atoms with van der Waals surface area (Å²) in [7, 11) is 1.73. The molecule has 0 N–H and O–H groups in total. The van der Waals surface area contributed by atoms with Crippen molar-refractivity contribution in [2.75, 3.05) is 20.4 Å². The van der Waals surface area contributed by atoms with E-state index in [0.29, 0.717) is 0 Å². The SMILES string of the molecule is COc1cc(C)c(CCCCCCCCCC[P+](c2ccccc2)(c2ccccc2)c2ccccc2)cc1OC.O=C[O-]. The number of hydrogen-bond donors (Lipinski definition) is 0. The number of ether oxygens (including phenoxy) is 2. The Morgan fingerprint density at radius 3 is 1.40 bits per heavy atom. The van der Waals surface area contributed by atoms with E-state index in [2.05, 4.69) is 110 Å². The first kappa shape index (κ1) is 33.9. The Hall–Kier alpha value is -3.62. The molecule has 0 aliphatic rings. The summed E-state index contributed by atoms with van der Waals surface area (Å²) in [5.74, 6) is 1.65. The molecular formula is C38H47O4P. The second-order valence-electron chi connectivity index (χ2n) is 10.8. The number of rotatable bonds is 16. The molecule has 0 saturated heterocycles. The second kappa shape index (κ2) is 18.8. The van der Waals surface area contributed by atoms with Gasteiger partial charge in [-0.15, -0.1) is 0 Å². The lowest BCUT2D eigenvalue weighted by Gasteiger charge is -2.27. The van der Waals surface area contributed by atoms with Crippen LogP contribution >= 0.6 is 7.26 Å². The van der Waals surface area contributed by atoms with Gasteiger partial charge < -0.3 is 19.4 Å². The maximum atomic E-state index is 8.25. The Morgan fingerprint density at radius 2 is 0.977 bits per heavy atom. The van der Waals surface area contributed by atoms with Crippen molar-refractivity contribution in [2.24, 2.45) is 0 Å². The van der Waals surface area contributed by atoms with E-state index in [1.165, 1.54) is 84.6 Å². The summed E-state index contributed by atoms with van der Waals surface area (Å²) >= 11 is 0. The van der Waals surface area contributed by atoms with Crippen LogP contribution in [0.25, 0.3) is 0 Å². The van der Waals surface area contributed by atoms with Crippen molar-refractivity contribution in [1.82, 2.24) is 0 Å². The molecular weight excluding hydrogens is 551 g/mol. The van der Waals surface area contributed by atoms with E-state index in [9.17, 15) is 0 Å². The van der Waals surface area contributed by atoms with E-state index in [0.717, 1.165) is 17.9 Å². The van der Waals surface area contributed by atoms with Gasteiger partial charge in [0, 0.05) is 6.47 Å². The molecule has 43 heavy (non-hydrogen) atoms. The third-order valence-corrected chi connectivity index (χ3v) is 12.6. The summed E-state index contributed by atoms with van der Waals surface area (Å²) in [4.78, 5) is 8.25. The van der Waals surface area contributed by atoms with Crippen LogP contribution in [0.2, 0.25) is 0 Å². The summed E-state index contributed by atoms with van der Waals surface area (Å²) < 4.78 is 10.9. The number of unbranched alkanes of at least 4 members (excludes halogenated alkanes) is 7. The summed E-state index contributed by atoms with van der Waals surface area (Å²) in [5, 5.41) is 12.7. The summed E-state index contributed by atoms with van der Waals surface area (Å²) in [6, 6.07) is 38.1. The first-order valence-electron chi connectivity index (χ1n) is 15.4. The molecule has 0 radical (unpaired) electrons. The van der Waals surface area contributed by atoms with Gasteiger partial charge in [0.05, 0.1) is 20.4 Å². The van der Waals surface area contributed by atoms with Gasteiger partial charge in [-0.05, 0) is 92.3 Å². The largest absolute Gasteiger partial charge is 0.554 e. The first-order valence-corrected chi connectivity index (χ1v) is 17.4.